The highest BCUT2D eigenvalue weighted by molar-refractivity contribution is 7.13. The zero-order valence-electron chi connectivity index (χ0n) is 13.7. The van der Waals surface area contributed by atoms with Gasteiger partial charge in [0.05, 0.1) is 12.1 Å². The number of hydrogen-bond donors (Lipinski definition) is 1. The third kappa shape index (κ3) is 2.66. The Morgan fingerprint density at radius 2 is 2.04 bits per heavy atom. The summed E-state index contributed by atoms with van der Waals surface area (Å²) < 4.78 is 58.5. The summed E-state index contributed by atoms with van der Waals surface area (Å²) in [5.41, 5.74) is -0.178. The molecule has 0 amide bonds. The molecule has 1 atom stereocenters. The molecule has 1 N–H and O–H groups in total. The van der Waals surface area contributed by atoms with Crippen LogP contribution >= 0.6 is 11.3 Å². The fourth-order valence-corrected chi connectivity index (χ4v) is 4.20. The lowest BCUT2D eigenvalue weighted by molar-refractivity contribution is -0.121. The van der Waals surface area contributed by atoms with Crippen molar-refractivity contribution in [2.45, 2.75) is 24.9 Å². The topological polar surface area (TPSA) is 29.5 Å². The quantitative estimate of drug-likeness (QED) is 0.443. The second-order valence-electron chi connectivity index (χ2n) is 6.25. The molecule has 2 heterocycles. The molecule has 0 aliphatic heterocycles. The van der Waals surface area contributed by atoms with Crippen LogP contribution in [0.15, 0.2) is 35.7 Å². The summed E-state index contributed by atoms with van der Waals surface area (Å²) >= 11 is 1.17. The Labute approximate surface area is 155 Å². The van der Waals surface area contributed by atoms with Gasteiger partial charge in [0.25, 0.3) is 5.92 Å². The Balaban J connectivity index is 2.03. The first-order valence-corrected chi connectivity index (χ1v) is 8.93. The van der Waals surface area contributed by atoms with E-state index in [0.717, 1.165) is 10.6 Å². The van der Waals surface area contributed by atoms with Gasteiger partial charge in [-0.3, -0.25) is 4.57 Å². The van der Waals surface area contributed by atoms with Crippen molar-refractivity contribution in [1.29, 1.82) is 0 Å². The Bertz CT molecular complexity index is 1070. The molecule has 0 radical (unpaired) electrons. The van der Waals surface area contributed by atoms with Gasteiger partial charge in [0.2, 0.25) is 11.6 Å². The molecule has 2 aromatic heterocycles. The van der Waals surface area contributed by atoms with E-state index in [-0.39, 0.29) is 34.6 Å². The van der Waals surface area contributed by atoms with Gasteiger partial charge in [0.1, 0.15) is 11.9 Å². The number of halogens is 4. The second kappa shape index (κ2) is 6.22. The Morgan fingerprint density at radius 3 is 2.70 bits per heavy atom. The van der Waals surface area contributed by atoms with E-state index in [0.29, 0.717) is 4.88 Å². The van der Waals surface area contributed by atoms with Crippen molar-refractivity contribution in [3.05, 3.63) is 70.2 Å². The molecule has 3 aromatic rings. The predicted molar refractivity (Wildman–Crippen MR) is 93.5 cm³/mol. The first-order chi connectivity index (χ1) is 12.8. The van der Waals surface area contributed by atoms with E-state index in [4.69, 9.17) is 6.57 Å². The number of nitrogens with zero attached hydrogens (tertiary/aromatic N) is 2. The van der Waals surface area contributed by atoms with Crippen LogP contribution in [0.2, 0.25) is 0 Å². The van der Waals surface area contributed by atoms with Gasteiger partial charge in [-0.1, -0.05) is 6.07 Å². The van der Waals surface area contributed by atoms with Crippen LogP contribution in [-0.4, -0.2) is 15.6 Å². The Morgan fingerprint density at radius 1 is 1.26 bits per heavy atom. The maximum Gasteiger partial charge on any atom is 0.278 e. The van der Waals surface area contributed by atoms with Crippen molar-refractivity contribution < 1.29 is 22.7 Å². The van der Waals surface area contributed by atoms with Gasteiger partial charge in [-0.05, 0) is 36.1 Å². The first-order valence-electron chi connectivity index (χ1n) is 8.05. The molecule has 0 saturated carbocycles. The number of hydrogen-bond acceptors (Lipinski definition) is 2. The molecule has 0 spiro atoms. The molecular formula is C19H12F4N2OS. The lowest BCUT2D eigenvalue weighted by Gasteiger charge is -2.29. The summed E-state index contributed by atoms with van der Waals surface area (Å²) in [7, 11) is 0. The molecule has 1 aliphatic rings. The summed E-state index contributed by atoms with van der Waals surface area (Å²) in [6.07, 6.45) is -2.94. The number of thiophene rings is 1. The van der Waals surface area contributed by atoms with E-state index in [2.05, 4.69) is 4.85 Å². The van der Waals surface area contributed by atoms with Gasteiger partial charge in [0, 0.05) is 28.2 Å². The summed E-state index contributed by atoms with van der Waals surface area (Å²) in [5, 5.41) is 11.9. The molecule has 3 nitrogen and oxygen atoms in total. The zero-order chi connectivity index (χ0) is 19.3. The van der Waals surface area contributed by atoms with Crippen molar-refractivity contribution in [2.24, 2.45) is 0 Å². The number of aromatic nitrogens is 1. The summed E-state index contributed by atoms with van der Waals surface area (Å²) in [4.78, 5) is 3.47. The van der Waals surface area contributed by atoms with E-state index < -0.39 is 30.2 Å². The normalized spacial score (nSPS) is 18.1. The maximum atomic E-state index is 15.4. The lowest BCUT2D eigenvalue weighted by Crippen LogP contribution is -2.32. The minimum Gasteiger partial charge on any atom is -0.382 e. The van der Waals surface area contributed by atoms with Crippen LogP contribution in [-0.2, 0) is 6.42 Å². The number of alkyl halides is 2. The van der Waals surface area contributed by atoms with Crippen LogP contribution in [0.25, 0.3) is 21.0 Å². The number of rotatable bonds is 2. The number of benzene rings is 1. The molecule has 1 aromatic carbocycles. The molecule has 27 heavy (non-hydrogen) atoms. The van der Waals surface area contributed by atoms with Crippen LogP contribution in [0, 0.1) is 18.3 Å². The monoisotopic (exact) mass is 392 g/mol. The lowest BCUT2D eigenvalue weighted by atomic mass is 9.88. The highest BCUT2D eigenvalue weighted by Gasteiger charge is 2.47. The van der Waals surface area contributed by atoms with Crippen LogP contribution < -0.4 is 0 Å². The summed E-state index contributed by atoms with van der Waals surface area (Å²) in [5.74, 6) is -4.94. The molecule has 1 aliphatic carbocycles. The number of aliphatic hydroxyl groups excluding tert-OH is 1. The van der Waals surface area contributed by atoms with Gasteiger partial charge >= 0.3 is 0 Å². The SMILES string of the molecule is [C-]#[N+]c1cc(-n2c(F)c(-c3cccs3)c3c2CCC(F)(F)C3O)ccc1F. The van der Waals surface area contributed by atoms with Gasteiger partial charge in [0.15, 0.2) is 0 Å². The largest absolute Gasteiger partial charge is 0.382 e. The second-order valence-corrected chi connectivity index (χ2v) is 7.20. The van der Waals surface area contributed by atoms with Crippen molar-refractivity contribution in [3.63, 3.8) is 0 Å². The maximum absolute atomic E-state index is 15.4. The van der Waals surface area contributed by atoms with Crippen molar-refractivity contribution >= 4 is 17.0 Å². The van der Waals surface area contributed by atoms with Crippen LogP contribution in [0.4, 0.5) is 23.2 Å². The van der Waals surface area contributed by atoms with Crippen molar-refractivity contribution in [2.75, 3.05) is 0 Å². The molecule has 4 rings (SSSR count). The zero-order valence-corrected chi connectivity index (χ0v) is 14.5. The highest BCUT2D eigenvalue weighted by Crippen LogP contribution is 2.49. The summed E-state index contributed by atoms with van der Waals surface area (Å²) in [6, 6.07) is 6.73. The highest BCUT2D eigenvalue weighted by atomic mass is 32.1. The number of fused-ring (bicyclic) bond motifs is 1. The molecule has 0 fully saturated rings. The van der Waals surface area contributed by atoms with E-state index in [1.165, 1.54) is 23.5 Å². The van der Waals surface area contributed by atoms with E-state index in [1.807, 2.05) is 0 Å². The first kappa shape index (κ1) is 17.8. The molecule has 0 bridgehead atoms. The molecule has 138 valence electrons. The smallest absolute Gasteiger partial charge is 0.278 e. The van der Waals surface area contributed by atoms with Crippen molar-refractivity contribution in [3.8, 4) is 16.1 Å². The van der Waals surface area contributed by atoms with Gasteiger partial charge in [-0.15, -0.1) is 11.3 Å². The fourth-order valence-electron chi connectivity index (χ4n) is 3.43. The van der Waals surface area contributed by atoms with Crippen molar-refractivity contribution in [1.82, 2.24) is 4.57 Å². The fraction of sp³-hybridized carbons (Fsp3) is 0.211. The average molecular weight is 392 g/mol. The van der Waals surface area contributed by atoms with E-state index >= 15 is 4.39 Å². The standard InChI is InChI=1S/C19H12F4N2OS/c1-24-12-9-10(4-5-11(12)20)25-13-6-7-19(22,23)17(26)15(13)16(18(25)21)14-3-2-8-27-14/h2-5,8-9,17,26H,6-7H2. The minimum absolute atomic E-state index is 0.0828. The Kier molecular flexibility index (Phi) is 4.09. The van der Waals surface area contributed by atoms with Gasteiger partial charge < -0.3 is 5.11 Å². The van der Waals surface area contributed by atoms with E-state index in [9.17, 15) is 18.3 Å². The van der Waals surface area contributed by atoms with Gasteiger partial charge in [-0.25, -0.2) is 18.0 Å². The molecule has 1 unspecified atom stereocenters. The van der Waals surface area contributed by atoms with Gasteiger partial charge in [-0.2, -0.15) is 4.39 Å². The molecule has 0 saturated heterocycles. The third-order valence-electron chi connectivity index (χ3n) is 4.70. The summed E-state index contributed by atoms with van der Waals surface area (Å²) in [6.45, 7) is 7.03. The minimum atomic E-state index is -3.37. The Hall–Kier alpha value is -2.63. The predicted octanol–water partition coefficient (Wildman–Crippen LogP) is 5.65. The number of aliphatic hydroxyl groups is 1. The van der Waals surface area contributed by atoms with E-state index in [1.54, 1.807) is 17.5 Å². The van der Waals surface area contributed by atoms with Crippen LogP contribution in [0.5, 0.6) is 0 Å². The molecular weight excluding hydrogens is 380 g/mol. The van der Waals surface area contributed by atoms with Crippen LogP contribution in [0.1, 0.15) is 23.8 Å². The van der Waals surface area contributed by atoms with Crippen LogP contribution in [0.3, 0.4) is 0 Å². The molecule has 8 heteroatoms. The third-order valence-corrected chi connectivity index (χ3v) is 5.58. The average Bonchev–Trinajstić information content (AvgIpc) is 3.25.